The first-order valence-electron chi connectivity index (χ1n) is 12.6. The summed E-state index contributed by atoms with van der Waals surface area (Å²) in [5, 5.41) is 0. The molecule has 154 valence electrons. The van der Waals surface area contributed by atoms with Gasteiger partial charge in [-0.15, -0.1) is 0 Å². The highest BCUT2D eigenvalue weighted by molar-refractivity contribution is 5.17. The SMILES string of the molecule is CC1(C)CCCC2(C)C1CCC1(C)C2CCC2C3CCCC3(C)CC[C@]21C. The summed E-state index contributed by atoms with van der Waals surface area (Å²) in [5.74, 6) is 4.02. The zero-order chi connectivity index (χ0) is 19.3. The van der Waals surface area contributed by atoms with Gasteiger partial charge in [0.05, 0.1) is 0 Å². The van der Waals surface area contributed by atoms with Gasteiger partial charge in [0, 0.05) is 0 Å². The minimum atomic E-state index is 0.572. The highest BCUT2D eigenvalue weighted by Gasteiger charge is 2.68. The maximum absolute atomic E-state index is 2.80. The van der Waals surface area contributed by atoms with Crippen LogP contribution in [0.15, 0.2) is 0 Å². The first-order chi connectivity index (χ1) is 12.6. The summed E-state index contributed by atoms with van der Waals surface area (Å²) in [7, 11) is 0. The van der Waals surface area contributed by atoms with Crippen LogP contribution in [0, 0.1) is 50.7 Å². The lowest BCUT2D eigenvalue weighted by molar-refractivity contribution is -0.232. The Kier molecular flexibility index (Phi) is 3.92. The molecule has 27 heavy (non-hydrogen) atoms. The van der Waals surface area contributed by atoms with Crippen molar-refractivity contribution in [1.82, 2.24) is 0 Å². The second-order valence-electron chi connectivity index (χ2n) is 13.7. The lowest BCUT2D eigenvalue weighted by Gasteiger charge is -2.72. The molecule has 0 N–H and O–H groups in total. The van der Waals surface area contributed by atoms with E-state index >= 15 is 0 Å². The first kappa shape index (κ1) is 19.0. The fourth-order valence-corrected chi connectivity index (χ4v) is 11.0. The van der Waals surface area contributed by atoms with Crippen LogP contribution < -0.4 is 0 Å². The molecule has 5 saturated carbocycles. The van der Waals surface area contributed by atoms with E-state index in [0.717, 1.165) is 23.7 Å². The van der Waals surface area contributed by atoms with E-state index < -0.39 is 0 Å². The van der Waals surface area contributed by atoms with E-state index in [0.29, 0.717) is 27.1 Å². The summed E-state index contributed by atoms with van der Waals surface area (Å²) >= 11 is 0. The maximum atomic E-state index is 2.80. The van der Waals surface area contributed by atoms with E-state index in [1.165, 1.54) is 57.8 Å². The maximum Gasteiger partial charge on any atom is -0.0235 e. The molecule has 0 heterocycles. The average molecular weight is 371 g/mol. The Balaban J connectivity index is 1.54. The Morgan fingerprint density at radius 1 is 0.519 bits per heavy atom. The molecule has 0 amide bonds. The van der Waals surface area contributed by atoms with Crippen molar-refractivity contribution in [3.63, 3.8) is 0 Å². The Morgan fingerprint density at radius 2 is 1.30 bits per heavy atom. The Bertz CT molecular complexity index is 618. The van der Waals surface area contributed by atoms with Crippen LogP contribution in [-0.2, 0) is 0 Å². The molecule has 0 aromatic rings. The lowest BCUT2D eigenvalue weighted by Crippen LogP contribution is -2.64. The van der Waals surface area contributed by atoms with Crippen LogP contribution in [0.4, 0.5) is 0 Å². The van der Waals surface area contributed by atoms with Crippen molar-refractivity contribution in [3.05, 3.63) is 0 Å². The minimum absolute atomic E-state index is 0.572. The van der Waals surface area contributed by atoms with Gasteiger partial charge in [-0.25, -0.2) is 0 Å². The summed E-state index contributed by atoms with van der Waals surface area (Å²) in [5.41, 5.74) is 3.08. The highest BCUT2D eigenvalue weighted by Crippen LogP contribution is 2.76. The van der Waals surface area contributed by atoms with Crippen LogP contribution in [0.5, 0.6) is 0 Å². The van der Waals surface area contributed by atoms with Gasteiger partial charge in [0.2, 0.25) is 0 Å². The molecule has 0 heteroatoms. The third kappa shape index (κ3) is 2.23. The van der Waals surface area contributed by atoms with E-state index in [2.05, 4.69) is 41.5 Å². The van der Waals surface area contributed by atoms with Crippen LogP contribution in [0.3, 0.4) is 0 Å². The number of fused-ring (bicyclic) bond motifs is 7. The number of rotatable bonds is 0. The van der Waals surface area contributed by atoms with Crippen molar-refractivity contribution < 1.29 is 0 Å². The van der Waals surface area contributed by atoms with Crippen LogP contribution >= 0.6 is 0 Å². The van der Waals surface area contributed by atoms with Crippen molar-refractivity contribution in [2.75, 3.05) is 0 Å². The van der Waals surface area contributed by atoms with Crippen LogP contribution in [0.1, 0.15) is 119 Å². The zero-order valence-electron chi connectivity index (χ0n) is 19.3. The molecule has 0 aromatic heterocycles. The lowest BCUT2D eigenvalue weighted by atomic mass is 9.33. The smallest absolute Gasteiger partial charge is 0.0235 e. The van der Waals surface area contributed by atoms with Crippen molar-refractivity contribution in [1.29, 1.82) is 0 Å². The van der Waals surface area contributed by atoms with Gasteiger partial charge < -0.3 is 0 Å². The second-order valence-corrected chi connectivity index (χ2v) is 13.7. The van der Waals surface area contributed by atoms with E-state index in [4.69, 9.17) is 0 Å². The van der Waals surface area contributed by atoms with Gasteiger partial charge in [0.15, 0.2) is 0 Å². The molecule has 0 aromatic carbocycles. The van der Waals surface area contributed by atoms with Gasteiger partial charge in [-0.2, -0.15) is 0 Å². The zero-order valence-corrected chi connectivity index (χ0v) is 19.3. The van der Waals surface area contributed by atoms with E-state index in [1.807, 2.05) is 0 Å². The topological polar surface area (TPSA) is 0 Å². The summed E-state index contributed by atoms with van der Waals surface area (Å²) in [4.78, 5) is 0. The predicted octanol–water partition coefficient (Wildman–Crippen LogP) is 8.25. The molecule has 5 fully saturated rings. The fraction of sp³-hybridized carbons (Fsp3) is 1.00. The van der Waals surface area contributed by atoms with Crippen molar-refractivity contribution in [3.8, 4) is 0 Å². The van der Waals surface area contributed by atoms with Gasteiger partial charge in [-0.05, 0) is 115 Å². The fourth-order valence-electron chi connectivity index (χ4n) is 11.0. The Hall–Kier alpha value is 0. The summed E-state index contributed by atoms with van der Waals surface area (Å²) in [6, 6.07) is 0. The minimum Gasteiger partial charge on any atom is -0.0596 e. The molecule has 0 nitrogen and oxygen atoms in total. The second kappa shape index (κ2) is 5.57. The van der Waals surface area contributed by atoms with E-state index in [9.17, 15) is 0 Å². The first-order valence-corrected chi connectivity index (χ1v) is 12.6. The highest BCUT2D eigenvalue weighted by atomic mass is 14.7. The van der Waals surface area contributed by atoms with Gasteiger partial charge >= 0.3 is 0 Å². The number of hydrogen-bond donors (Lipinski definition) is 0. The molecule has 0 bridgehead atoms. The average Bonchev–Trinajstić information content (AvgIpc) is 2.97. The molecule has 0 spiro atoms. The van der Waals surface area contributed by atoms with Crippen molar-refractivity contribution >= 4 is 0 Å². The monoisotopic (exact) mass is 370 g/mol. The van der Waals surface area contributed by atoms with Crippen LogP contribution in [-0.4, -0.2) is 0 Å². The quantitative estimate of drug-likeness (QED) is 0.402. The Labute approximate surface area is 169 Å². The molecule has 0 aliphatic heterocycles. The van der Waals surface area contributed by atoms with Gasteiger partial charge in [-0.3, -0.25) is 0 Å². The molecule has 0 radical (unpaired) electrons. The number of hydrogen-bond acceptors (Lipinski definition) is 0. The molecule has 5 rings (SSSR count). The third-order valence-electron chi connectivity index (χ3n) is 12.5. The molecule has 0 saturated heterocycles. The van der Waals surface area contributed by atoms with E-state index in [1.54, 1.807) is 19.3 Å². The van der Waals surface area contributed by atoms with Gasteiger partial charge in [0.1, 0.15) is 0 Å². The predicted molar refractivity (Wildman–Crippen MR) is 116 cm³/mol. The molecular weight excluding hydrogens is 324 g/mol. The molecule has 5 aliphatic carbocycles. The molecule has 7 unspecified atom stereocenters. The van der Waals surface area contributed by atoms with Crippen molar-refractivity contribution in [2.24, 2.45) is 50.7 Å². The van der Waals surface area contributed by atoms with Gasteiger partial charge in [0.25, 0.3) is 0 Å². The molecular formula is C27H46. The molecule has 8 atom stereocenters. The normalized spacial score (nSPS) is 59.3. The van der Waals surface area contributed by atoms with Crippen molar-refractivity contribution in [2.45, 2.75) is 119 Å². The largest absolute Gasteiger partial charge is 0.0596 e. The third-order valence-corrected chi connectivity index (χ3v) is 12.5. The summed E-state index contributed by atoms with van der Waals surface area (Å²) < 4.78 is 0. The van der Waals surface area contributed by atoms with E-state index in [-0.39, 0.29) is 0 Å². The van der Waals surface area contributed by atoms with Crippen LogP contribution in [0.25, 0.3) is 0 Å². The van der Waals surface area contributed by atoms with Gasteiger partial charge in [-0.1, -0.05) is 54.4 Å². The summed E-state index contributed by atoms with van der Waals surface area (Å²) in [6.45, 7) is 16.2. The summed E-state index contributed by atoms with van der Waals surface area (Å²) in [6.07, 6.45) is 18.3. The van der Waals surface area contributed by atoms with Crippen LogP contribution in [0.2, 0.25) is 0 Å². The standard InChI is InChI=1S/C27H46/c1-23(2)13-8-15-25(4)21(23)12-16-27(6)22(25)11-10-20-19-9-7-14-24(19,3)17-18-26(20,27)5/h19-22H,7-18H2,1-6H3/t19?,20?,21?,22?,24?,25?,26-,27?/m1/s1. The molecule has 5 aliphatic rings. The Morgan fingerprint density at radius 3 is 2.07 bits per heavy atom.